The fourth-order valence-electron chi connectivity index (χ4n) is 4.97. The van der Waals surface area contributed by atoms with Crippen LogP contribution in [0.2, 0.25) is 32.2 Å². The molecule has 34 heavy (non-hydrogen) atoms. The predicted molar refractivity (Wildman–Crippen MR) is 159 cm³/mol. The molecule has 0 amide bonds. The van der Waals surface area contributed by atoms with Gasteiger partial charge in [-0.2, -0.15) is 0 Å². The van der Waals surface area contributed by atoms with E-state index in [9.17, 15) is 0 Å². The van der Waals surface area contributed by atoms with E-state index < -0.39 is 15.4 Å². The Kier molecular flexibility index (Phi) is 9.34. The van der Waals surface area contributed by atoms with E-state index in [2.05, 4.69) is 76.4 Å². The lowest BCUT2D eigenvalue weighted by Crippen LogP contribution is -2.70. The van der Waals surface area contributed by atoms with E-state index in [0.29, 0.717) is 10.5 Å². The molecule has 1 aliphatic rings. The maximum atomic E-state index is 7.61. The smallest absolute Gasteiger partial charge is 0.174 e. The van der Waals surface area contributed by atoms with Crippen LogP contribution < -0.4 is 11.5 Å². The molecule has 0 aliphatic carbocycles. The third kappa shape index (κ3) is 6.27. The number of hydrogen-bond donors (Lipinski definition) is 2. The summed E-state index contributed by atoms with van der Waals surface area (Å²) in [5, 5.41) is 0.780. The molecule has 3 nitrogen and oxygen atoms in total. The highest BCUT2D eigenvalue weighted by molar-refractivity contribution is 8.01. The first-order valence-electron chi connectivity index (χ1n) is 12.8. The van der Waals surface area contributed by atoms with Crippen molar-refractivity contribution >= 4 is 50.3 Å². The largest absolute Gasteiger partial charge is 0.412 e. The molecule has 1 saturated heterocycles. The van der Waals surface area contributed by atoms with Crippen molar-refractivity contribution < 1.29 is 4.43 Å². The Morgan fingerprint density at radius 1 is 0.853 bits per heavy atom. The van der Waals surface area contributed by atoms with Gasteiger partial charge >= 0.3 is 0 Å². The molecule has 3 rings (SSSR count). The fourth-order valence-corrected chi connectivity index (χ4v) is 15.2. The van der Waals surface area contributed by atoms with Crippen molar-refractivity contribution in [2.24, 2.45) is 0 Å². The lowest BCUT2D eigenvalue weighted by molar-refractivity contribution is 0.0431. The van der Waals surface area contributed by atoms with Crippen LogP contribution in [0.25, 0.3) is 0 Å². The molecule has 0 bridgehead atoms. The van der Waals surface area contributed by atoms with E-state index in [1.54, 1.807) is 0 Å². The molecule has 2 aromatic carbocycles. The van der Waals surface area contributed by atoms with Crippen LogP contribution in [0.1, 0.15) is 46.0 Å². The third-order valence-electron chi connectivity index (χ3n) is 7.68. The molecule has 2 atom stereocenters. The van der Waals surface area contributed by atoms with Crippen molar-refractivity contribution in [1.29, 1.82) is 0 Å². The minimum atomic E-state index is -1.83. The Hall–Kier alpha value is -0.866. The molecule has 1 fully saturated rings. The molecular weight excluding hydrogens is 489 g/mol. The first-order valence-corrected chi connectivity index (χ1v) is 21.6. The van der Waals surface area contributed by atoms with Crippen molar-refractivity contribution in [2.75, 3.05) is 11.5 Å². The Balaban J connectivity index is 2.08. The summed E-state index contributed by atoms with van der Waals surface area (Å²) in [4.78, 5) is 2.51. The third-order valence-corrected chi connectivity index (χ3v) is 27.1. The molecule has 4 N–H and O–H groups in total. The summed E-state index contributed by atoms with van der Waals surface area (Å²) in [7, 11) is -3.22. The van der Waals surface area contributed by atoms with E-state index in [4.69, 9.17) is 15.9 Å². The van der Waals surface area contributed by atoms with Gasteiger partial charge in [0.1, 0.15) is 0 Å². The second-order valence-electron chi connectivity index (χ2n) is 10.9. The maximum Gasteiger partial charge on any atom is 0.174 e. The standard InChI is InChI=1S/C27H44N2OS2Si2/c1-7-11-25(31-23-15-9-13-21(28)19-23)27(17-18-33(3,4)34(5,6)30-27)26(12-8-2)32-24-16-10-14-22(29)20-24/h9-10,13-16,19-20,25-26H,7-8,11-12,17-18,28-29H2,1-6H3. The van der Waals surface area contributed by atoms with E-state index >= 15 is 0 Å². The molecule has 0 saturated carbocycles. The molecule has 2 unspecified atom stereocenters. The van der Waals surface area contributed by atoms with Crippen LogP contribution in [0.4, 0.5) is 11.4 Å². The van der Waals surface area contributed by atoms with Gasteiger partial charge < -0.3 is 15.9 Å². The summed E-state index contributed by atoms with van der Waals surface area (Å²) < 4.78 is 7.61. The molecular formula is C27H44N2OS2Si2. The van der Waals surface area contributed by atoms with Crippen molar-refractivity contribution in [1.82, 2.24) is 0 Å². The Morgan fingerprint density at radius 2 is 1.32 bits per heavy atom. The molecule has 2 aromatic rings. The Labute approximate surface area is 218 Å². The van der Waals surface area contributed by atoms with Gasteiger partial charge in [-0.3, -0.25) is 0 Å². The minimum Gasteiger partial charge on any atom is -0.412 e. The van der Waals surface area contributed by atoms with Crippen LogP contribution in [-0.4, -0.2) is 31.5 Å². The van der Waals surface area contributed by atoms with Gasteiger partial charge in [0.2, 0.25) is 0 Å². The summed E-state index contributed by atoms with van der Waals surface area (Å²) >= 11 is 3.99. The fraction of sp³-hybridized carbons (Fsp3) is 0.556. The molecule has 1 aliphatic heterocycles. The van der Waals surface area contributed by atoms with Crippen molar-refractivity contribution in [2.45, 2.75) is 104 Å². The first kappa shape index (κ1) is 27.7. The monoisotopic (exact) mass is 532 g/mol. The zero-order valence-corrected chi connectivity index (χ0v) is 25.5. The Morgan fingerprint density at radius 3 is 1.71 bits per heavy atom. The number of nitrogens with two attached hydrogens (primary N) is 2. The number of benzene rings is 2. The molecule has 1 heterocycles. The zero-order chi connectivity index (χ0) is 25.0. The van der Waals surface area contributed by atoms with Crippen LogP contribution in [0, 0.1) is 0 Å². The van der Waals surface area contributed by atoms with Crippen LogP contribution in [0.3, 0.4) is 0 Å². The van der Waals surface area contributed by atoms with Gasteiger partial charge in [0.25, 0.3) is 0 Å². The van der Waals surface area contributed by atoms with Gasteiger partial charge in [-0.05, 0) is 68.8 Å². The lowest BCUT2D eigenvalue weighted by atomic mass is 9.87. The van der Waals surface area contributed by atoms with Crippen LogP contribution in [0.15, 0.2) is 58.3 Å². The summed E-state index contributed by atoms with van der Waals surface area (Å²) in [6.45, 7) is 14.7. The number of thioether (sulfide) groups is 2. The predicted octanol–water partition coefficient (Wildman–Crippen LogP) is 8.22. The summed E-state index contributed by atoms with van der Waals surface area (Å²) in [5.41, 5.74) is 13.9. The molecule has 0 aromatic heterocycles. The zero-order valence-electron chi connectivity index (χ0n) is 21.9. The van der Waals surface area contributed by atoms with Crippen molar-refractivity contribution in [3.8, 4) is 0 Å². The molecule has 188 valence electrons. The Bertz CT molecular complexity index is 896. The van der Waals surface area contributed by atoms with E-state index in [0.717, 1.165) is 43.5 Å². The second kappa shape index (κ2) is 11.5. The number of hydrogen-bond acceptors (Lipinski definition) is 5. The second-order valence-corrected chi connectivity index (χ2v) is 28.6. The normalized spacial score (nSPS) is 23.4. The van der Waals surface area contributed by atoms with Crippen molar-refractivity contribution in [3.63, 3.8) is 0 Å². The van der Waals surface area contributed by atoms with Gasteiger partial charge in [0.15, 0.2) is 7.83 Å². The molecule has 0 radical (unpaired) electrons. The average Bonchev–Trinajstić information content (AvgIpc) is 2.75. The highest BCUT2D eigenvalue weighted by Gasteiger charge is 2.58. The highest BCUT2D eigenvalue weighted by atomic mass is 32.2. The SMILES string of the molecule is CCCC(Sc1cccc(N)c1)C1(C(CCC)Sc2cccc(N)c2)CC[Si](C)(C)[Si](C)(C)O1. The lowest BCUT2D eigenvalue weighted by Gasteiger charge is -2.57. The van der Waals surface area contributed by atoms with Gasteiger partial charge in [-0.1, -0.05) is 58.0 Å². The first-order chi connectivity index (χ1) is 16.0. The van der Waals surface area contributed by atoms with Gasteiger partial charge in [-0.25, -0.2) is 0 Å². The van der Waals surface area contributed by atoms with E-state index in [1.165, 1.54) is 15.8 Å². The van der Waals surface area contributed by atoms with E-state index in [1.807, 2.05) is 35.7 Å². The van der Waals surface area contributed by atoms with Crippen LogP contribution in [0.5, 0.6) is 0 Å². The van der Waals surface area contributed by atoms with Crippen LogP contribution >= 0.6 is 23.5 Å². The minimum absolute atomic E-state index is 0.158. The molecule has 7 heteroatoms. The van der Waals surface area contributed by atoms with Gasteiger partial charge in [-0.15, -0.1) is 23.5 Å². The number of nitrogen functional groups attached to an aromatic ring is 2. The summed E-state index contributed by atoms with van der Waals surface area (Å²) in [6.07, 6.45) is 5.74. The van der Waals surface area contributed by atoms with Gasteiger partial charge in [0.05, 0.1) is 13.2 Å². The van der Waals surface area contributed by atoms with Crippen molar-refractivity contribution in [3.05, 3.63) is 48.5 Å². The topological polar surface area (TPSA) is 61.3 Å². The number of rotatable bonds is 10. The average molecular weight is 533 g/mol. The summed E-state index contributed by atoms with van der Waals surface area (Å²) in [6, 6.07) is 18.1. The van der Waals surface area contributed by atoms with Crippen LogP contribution in [-0.2, 0) is 4.43 Å². The molecule has 0 spiro atoms. The van der Waals surface area contributed by atoms with Gasteiger partial charge in [0, 0.05) is 31.7 Å². The summed E-state index contributed by atoms with van der Waals surface area (Å²) in [5.74, 6) is 0. The van der Waals surface area contributed by atoms with E-state index in [-0.39, 0.29) is 5.60 Å². The maximum absolute atomic E-state index is 7.61. The number of anilines is 2. The quantitative estimate of drug-likeness (QED) is 0.183. The highest BCUT2D eigenvalue weighted by Crippen LogP contribution is 2.53.